The molecule has 0 saturated heterocycles. The van der Waals surface area contributed by atoms with Crippen LogP contribution in [0.4, 0.5) is 0 Å². The van der Waals surface area contributed by atoms with Crippen LogP contribution in [-0.2, 0) is 14.3 Å². The normalized spacial score (nSPS) is 8.94. The Balaban J connectivity index is 0. The smallest absolute Gasteiger partial charge is 0.341 e. The summed E-state index contributed by atoms with van der Waals surface area (Å²) in [4.78, 5) is 20.3. The first kappa shape index (κ1) is 17.3. The van der Waals surface area contributed by atoms with Gasteiger partial charge in [-0.1, -0.05) is 46.5 Å². The van der Waals surface area contributed by atoms with Gasteiger partial charge in [0.25, 0.3) is 0 Å². The third-order valence-corrected chi connectivity index (χ3v) is 1.77. The number of aliphatic carboxylic acids is 1. The van der Waals surface area contributed by atoms with Crippen LogP contribution in [0.1, 0.15) is 59.3 Å². The second-order valence-electron chi connectivity index (χ2n) is 3.51. The van der Waals surface area contributed by atoms with Gasteiger partial charge in [-0.2, -0.15) is 0 Å². The number of unbranched alkanes of at least 4 members (excludes halogenated alkanes) is 3. The Kier molecular flexibility index (Phi) is 15.1. The SMILES string of the molecule is CCCC(=O)OCC(=O)O.CCCCCC. The van der Waals surface area contributed by atoms with Crippen molar-refractivity contribution >= 4 is 11.9 Å². The van der Waals surface area contributed by atoms with Crippen molar-refractivity contribution in [2.24, 2.45) is 0 Å². The minimum Gasteiger partial charge on any atom is -0.479 e. The standard InChI is InChI=1S/C6H10O4.C6H14/c1-2-3-6(9)10-4-5(7)8;1-3-5-6-4-2/h2-4H2,1H3,(H,7,8);3-6H2,1-2H3. The van der Waals surface area contributed by atoms with Gasteiger partial charge in [0.15, 0.2) is 6.61 Å². The van der Waals surface area contributed by atoms with Crippen LogP contribution >= 0.6 is 0 Å². The summed E-state index contributed by atoms with van der Waals surface area (Å²) >= 11 is 0. The maximum absolute atomic E-state index is 10.5. The van der Waals surface area contributed by atoms with E-state index in [9.17, 15) is 9.59 Å². The number of carbonyl (C=O) groups excluding carboxylic acids is 1. The fraction of sp³-hybridized carbons (Fsp3) is 0.833. The number of hydrogen-bond acceptors (Lipinski definition) is 3. The molecule has 0 unspecified atom stereocenters. The van der Waals surface area contributed by atoms with E-state index in [2.05, 4.69) is 18.6 Å². The topological polar surface area (TPSA) is 63.6 Å². The van der Waals surface area contributed by atoms with Crippen molar-refractivity contribution in [2.75, 3.05) is 6.61 Å². The fourth-order valence-corrected chi connectivity index (χ4v) is 0.919. The maximum atomic E-state index is 10.5. The van der Waals surface area contributed by atoms with E-state index in [1.807, 2.05) is 6.92 Å². The molecule has 0 bridgehead atoms. The quantitative estimate of drug-likeness (QED) is 0.541. The summed E-state index contributed by atoms with van der Waals surface area (Å²) in [5.74, 6) is -1.57. The Morgan fingerprint density at radius 2 is 1.50 bits per heavy atom. The summed E-state index contributed by atoms with van der Waals surface area (Å²) in [6.45, 7) is 5.76. The Hall–Kier alpha value is -1.06. The van der Waals surface area contributed by atoms with Crippen LogP contribution in [0.15, 0.2) is 0 Å². The average molecular weight is 232 g/mol. The summed E-state index contributed by atoms with van der Waals surface area (Å²) < 4.78 is 4.31. The summed E-state index contributed by atoms with van der Waals surface area (Å²) in [7, 11) is 0. The first-order valence-corrected chi connectivity index (χ1v) is 5.95. The zero-order valence-electron chi connectivity index (χ0n) is 10.6. The van der Waals surface area contributed by atoms with Crippen molar-refractivity contribution in [3.8, 4) is 0 Å². The molecule has 0 fully saturated rings. The molecule has 96 valence electrons. The second kappa shape index (κ2) is 13.9. The van der Waals surface area contributed by atoms with E-state index in [0.29, 0.717) is 6.42 Å². The molecule has 4 nitrogen and oxygen atoms in total. The molecule has 0 aliphatic rings. The number of carbonyl (C=O) groups is 2. The van der Waals surface area contributed by atoms with Crippen LogP contribution in [0.2, 0.25) is 0 Å². The van der Waals surface area contributed by atoms with Gasteiger partial charge >= 0.3 is 11.9 Å². The molecule has 0 aliphatic heterocycles. The predicted molar refractivity (Wildman–Crippen MR) is 63.3 cm³/mol. The van der Waals surface area contributed by atoms with Gasteiger partial charge in [0.05, 0.1) is 0 Å². The zero-order valence-corrected chi connectivity index (χ0v) is 10.6. The Morgan fingerprint density at radius 3 is 1.81 bits per heavy atom. The lowest BCUT2D eigenvalue weighted by Crippen LogP contribution is -2.12. The van der Waals surface area contributed by atoms with E-state index in [1.165, 1.54) is 25.7 Å². The molecule has 0 aromatic heterocycles. The molecule has 0 spiro atoms. The summed E-state index contributed by atoms with van der Waals surface area (Å²) in [5.41, 5.74) is 0. The molecule has 0 aromatic rings. The third kappa shape index (κ3) is 18.7. The maximum Gasteiger partial charge on any atom is 0.341 e. The van der Waals surface area contributed by atoms with Crippen LogP contribution in [0.25, 0.3) is 0 Å². The van der Waals surface area contributed by atoms with Crippen LogP contribution in [0.3, 0.4) is 0 Å². The number of esters is 1. The Morgan fingerprint density at radius 1 is 1.00 bits per heavy atom. The van der Waals surface area contributed by atoms with Crippen molar-refractivity contribution < 1.29 is 19.4 Å². The van der Waals surface area contributed by atoms with E-state index in [1.54, 1.807) is 0 Å². The first-order valence-electron chi connectivity index (χ1n) is 5.95. The van der Waals surface area contributed by atoms with Gasteiger partial charge < -0.3 is 9.84 Å². The van der Waals surface area contributed by atoms with Crippen molar-refractivity contribution in [1.29, 1.82) is 0 Å². The molecule has 0 saturated carbocycles. The summed E-state index contributed by atoms with van der Waals surface area (Å²) in [6.07, 6.45) is 6.50. The van der Waals surface area contributed by atoms with E-state index < -0.39 is 18.5 Å². The molecule has 0 radical (unpaired) electrons. The third-order valence-electron chi connectivity index (χ3n) is 1.77. The monoisotopic (exact) mass is 232 g/mol. The zero-order chi connectivity index (χ0) is 12.8. The van der Waals surface area contributed by atoms with E-state index in [4.69, 9.17) is 5.11 Å². The van der Waals surface area contributed by atoms with Crippen LogP contribution < -0.4 is 0 Å². The second-order valence-corrected chi connectivity index (χ2v) is 3.51. The van der Waals surface area contributed by atoms with Crippen LogP contribution in [0, 0.1) is 0 Å². The van der Waals surface area contributed by atoms with Crippen molar-refractivity contribution in [2.45, 2.75) is 59.3 Å². The van der Waals surface area contributed by atoms with Gasteiger partial charge in [-0.15, -0.1) is 0 Å². The molecule has 4 heteroatoms. The highest BCUT2D eigenvalue weighted by Gasteiger charge is 2.02. The highest BCUT2D eigenvalue weighted by Crippen LogP contribution is 1.95. The Labute approximate surface area is 98.0 Å². The molecule has 16 heavy (non-hydrogen) atoms. The van der Waals surface area contributed by atoms with Crippen molar-refractivity contribution in [3.63, 3.8) is 0 Å². The van der Waals surface area contributed by atoms with Crippen LogP contribution in [0.5, 0.6) is 0 Å². The van der Waals surface area contributed by atoms with Gasteiger partial charge in [0, 0.05) is 6.42 Å². The van der Waals surface area contributed by atoms with Gasteiger partial charge in [0.2, 0.25) is 0 Å². The lowest BCUT2D eigenvalue weighted by molar-refractivity contribution is -0.155. The number of hydrogen-bond donors (Lipinski definition) is 1. The molecular weight excluding hydrogens is 208 g/mol. The van der Waals surface area contributed by atoms with Crippen molar-refractivity contribution in [1.82, 2.24) is 0 Å². The van der Waals surface area contributed by atoms with E-state index in [0.717, 1.165) is 0 Å². The minimum atomic E-state index is -1.12. The fourth-order valence-electron chi connectivity index (χ4n) is 0.919. The molecule has 0 heterocycles. The van der Waals surface area contributed by atoms with Gasteiger partial charge in [-0.05, 0) is 6.42 Å². The summed E-state index contributed by atoms with van der Waals surface area (Å²) in [5, 5.41) is 8.05. The molecule has 0 aromatic carbocycles. The summed E-state index contributed by atoms with van der Waals surface area (Å²) in [6, 6.07) is 0. The average Bonchev–Trinajstić information content (AvgIpc) is 2.25. The Bertz CT molecular complexity index is 174. The molecule has 0 aliphatic carbocycles. The number of carboxylic acids is 1. The van der Waals surface area contributed by atoms with E-state index >= 15 is 0 Å². The molecule has 1 N–H and O–H groups in total. The largest absolute Gasteiger partial charge is 0.479 e. The van der Waals surface area contributed by atoms with E-state index in [-0.39, 0.29) is 6.42 Å². The number of carboxylic acid groups (broad SMARTS) is 1. The van der Waals surface area contributed by atoms with Crippen LogP contribution in [-0.4, -0.2) is 23.7 Å². The number of ether oxygens (including phenoxy) is 1. The highest BCUT2D eigenvalue weighted by molar-refractivity contribution is 5.75. The molecule has 0 amide bonds. The van der Waals surface area contributed by atoms with Gasteiger partial charge in [0.1, 0.15) is 0 Å². The molecular formula is C12H24O4. The van der Waals surface area contributed by atoms with Gasteiger partial charge in [-0.25, -0.2) is 4.79 Å². The molecule has 0 atom stereocenters. The first-order chi connectivity index (χ1) is 7.58. The molecule has 0 rings (SSSR count). The van der Waals surface area contributed by atoms with Crippen molar-refractivity contribution in [3.05, 3.63) is 0 Å². The lowest BCUT2D eigenvalue weighted by atomic mass is 10.2. The number of rotatable bonds is 7. The minimum absolute atomic E-state index is 0.285. The van der Waals surface area contributed by atoms with Gasteiger partial charge in [-0.3, -0.25) is 4.79 Å². The predicted octanol–water partition coefficient (Wildman–Crippen LogP) is 3.00. The lowest BCUT2D eigenvalue weighted by Gasteiger charge is -1.97. The highest BCUT2D eigenvalue weighted by atomic mass is 16.5.